The minimum Gasteiger partial charge on any atom is -0.222 e. The first kappa shape index (κ1) is 13.2. The van der Waals surface area contributed by atoms with E-state index >= 15 is 0 Å². The lowest BCUT2D eigenvalue weighted by Gasteiger charge is -2.16. The van der Waals surface area contributed by atoms with E-state index in [1.54, 1.807) is 42.7 Å². The van der Waals surface area contributed by atoms with Crippen LogP contribution in [0.1, 0.15) is 17.1 Å². The molecule has 1 atom stereocenters. The van der Waals surface area contributed by atoms with Crippen molar-refractivity contribution in [2.24, 2.45) is 0 Å². The lowest BCUT2D eigenvalue weighted by Crippen LogP contribution is -2.10. The maximum absolute atomic E-state index is 12.8. The van der Waals surface area contributed by atoms with Crippen LogP contribution in [0.3, 0.4) is 0 Å². The van der Waals surface area contributed by atoms with E-state index in [0.717, 1.165) is 11.8 Å². The van der Waals surface area contributed by atoms with Crippen molar-refractivity contribution < 1.29 is 9.79 Å². The lowest BCUT2D eigenvalue weighted by atomic mass is 10.2. The van der Waals surface area contributed by atoms with Crippen molar-refractivity contribution in [3.8, 4) is 6.07 Å². The molecule has 0 heterocycles. The molecule has 0 aliphatic carbocycles. The maximum Gasteiger partial charge on any atom is 0.194 e. The Balaban J connectivity index is 2.63. The summed E-state index contributed by atoms with van der Waals surface area (Å²) in [6.45, 7) is 0. The van der Waals surface area contributed by atoms with Gasteiger partial charge >= 0.3 is 0 Å². The fourth-order valence-corrected chi connectivity index (χ4v) is 4.50. The van der Waals surface area contributed by atoms with Crippen molar-refractivity contribution in [1.82, 2.24) is 0 Å². The molecule has 0 saturated carbocycles. The molecule has 0 fully saturated rings. The molecule has 0 radical (unpaired) electrons. The molecular formula is C15H13NO2S2. The summed E-state index contributed by atoms with van der Waals surface area (Å²) in [6, 6.07) is 16.1. The Morgan fingerprint density at radius 3 is 2.50 bits per heavy atom. The van der Waals surface area contributed by atoms with Crippen molar-refractivity contribution in [1.29, 1.82) is 5.26 Å². The van der Waals surface area contributed by atoms with Crippen molar-refractivity contribution in [3.05, 3.63) is 65.7 Å². The highest BCUT2D eigenvalue weighted by Crippen LogP contribution is 2.36. The summed E-state index contributed by atoms with van der Waals surface area (Å²) in [5.41, 5.74) is 0.610. The summed E-state index contributed by atoms with van der Waals surface area (Å²) in [4.78, 5) is 0.0942. The van der Waals surface area contributed by atoms with Gasteiger partial charge in [0, 0.05) is 0 Å². The molecule has 1 unspecified atom stereocenters. The Morgan fingerprint density at radius 1 is 1.20 bits per heavy atom. The van der Waals surface area contributed by atoms with Gasteiger partial charge < -0.3 is 0 Å². The smallest absolute Gasteiger partial charge is 0.194 e. The first-order chi connectivity index (χ1) is 9.95. The lowest BCUT2D eigenvalue weighted by molar-refractivity contribution is 0.594. The zero-order chi connectivity index (χ0) is 15.5. The molecule has 20 heavy (non-hydrogen) atoms. The van der Waals surface area contributed by atoms with Crippen LogP contribution in [0.15, 0.2) is 59.5 Å². The van der Waals surface area contributed by atoms with Crippen LogP contribution in [-0.4, -0.2) is 14.7 Å². The number of nitriles is 1. The number of nitrogens with zero attached hydrogens (tertiary/aromatic N) is 1. The predicted molar refractivity (Wildman–Crippen MR) is 81.0 cm³/mol. The molecule has 102 valence electrons. The highest BCUT2D eigenvalue weighted by Gasteiger charge is 2.28. The number of thioether (sulfide) groups is 1. The molecule has 0 aliphatic rings. The van der Waals surface area contributed by atoms with Gasteiger partial charge in [-0.1, -0.05) is 30.3 Å². The van der Waals surface area contributed by atoms with E-state index in [4.69, 9.17) is 6.63 Å². The van der Waals surface area contributed by atoms with Crippen molar-refractivity contribution in [2.45, 2.75) is 9.45 Å². The standard InChI is InChI=1S/C15H13NO2S2/c1-19-15(13-7-5-6-12(10-13)11-16)20(17,18)14-8-3-2-4-9-14/h2-10,15H,1H3/i15D. The van der Waals surface area contributed by atoms with Crippen molar-refractivity contribution in [2.75, 3.05) is 6.26 Å². The first-order valence-electron chi connectivity index (χ1n) is 6.31. The normalized spacial score (nSPS) is 14.9. The first-order valence-corrected chi connectivity index (χ1v) is 8.52. The van der Waals surface area contributed by atoms with E-state index in [1.165, 1.54) is 18.2 Å². The molecule has 2 aromatic rings. The molecule has 2 rings (SSSR count). The van der Waals surface area contributed by atoms with E-state index < -0.39 is 14.4 Å². The molecular weight excluding hydrogens is 290 g/mol. The van der Waals surface area contributed by atoms with Crippen LogP contribution >= 0.6 is 11.8 Å². The summed E-state index contributed by atoms with van der Waals surface area (Å²) < 4.78 is 32.2. The van der Waals surface area contributed by atoms with E-state index in [9.17, 15) is 8.42 Å². The van der Waals surface area contributed by atoms with Crippen LogP contribution < -0.4 is 0 Å². The van der Waals surface area contributed by atoms with E-state index in [1.807, 2.05) is 6.07 Å². The third-order valence-corrected chi connectivity index (χ3v) is 6.09. The second kappa shape index (κ2) is 6.12. The van der Waals surface area contributed by atoms with E-state index in [-0.39, 0.29) is 10.5 Å². The number of hydrogen-bond donors (Lipinski definition) is 0. The summed E-state index contributed by atoms with van der Waals surface area (Å²) in [6.07, 6.45) is 1.58. The molecule has 0 aliphatic heterocycles. The van der Waals surface area contributed by atoms with Gasteiger partial charge in [0.1, 0.15) is 4.56 Å². The van der Waals surface area contributed by atoms with Gasteiger partial charge in [-0.2, -0.15) is 5.26 Å². The van der Waals surface area contributed by atoms with Crippen molar-refractivity contribution >= 4 is 21.6 Å². The fraction of sp³-hybridized carbons (Fsp3) is 0.133. The Hall–Kier alpha value is -1.77. The Kier molecular flexibility index (Phi) is 4.05. The molecule has 3 nitrogen and oxygen atoms in total. The second-order valence-electron chi connectivity index (χ2n) is 4.00. The Morgan fingerprint density at radius 2 is 1.90 bits per heavy atom. The Bertz CT molecular complexity index is 785. The number of rotatable bonds is 4. The number of benzene rings is 2. The van der Waals surface area contributed by atoms with Gasteiger partial charge in [-0.05, 0) is 36.1 Å². The van der Waals surface area contributed by atoms with Gasteiger partial charge in [-0.25, -0.2) is 8.42 Å². The van der Waals surface area contributed by atoms with Gasteiger partial charge in [0.2, 0.25) is 0 Å². The zero-order valence-corrected chi connectivity index (χ0v) is 12.4. The maximum atomic E-state index is 12.8. The summed E-state index contributed by atoms with van der Waals surface area (Å²) >= 11 is 0.916. The number of hydrogen-bond acceptors (Lipinski definition) is 4. The molecule has 0 N–H and O–H groups in total. The van der Waals surface area contributed by atoms with Crippen molar-refractivity contribution in [3.63, 3.8) is 0 Å². The van der Waals surface area contributed by atoms with Gasteiger partial charge in [0.05, 0.1) is 17.9 Å². The minimum absolute atomic E-state index is 0.0942. The Labute approximate surface area is 124 Å². The quantitative estimate of drug-likeness (QED) is 0.868. The van der Waals surface area contributed by atoms with Gasteiger partial charge in [0.25, 0.3) is 0 Å². The topological polar surface area (TPSA) is 57.9 Å². The van der Waals surface area contributed by atoms with Gasteiger partial charge in [-0.15, -0.1) is 11.8 Å². The molecule has 0 spiro atoms. The average Bonchev–Trinajstić information content (AvgIpc) is 2.54. The SMILES string of the molecule is [2H]C(SC)(c1cccc(C#N)c1)S(=O)(=O)c1ccccc1. The highest BCUT2D eigenvalue weighted by molar-refractivity contribution is 8.12. The third kappa shape index (κ3) is 2.87. The van der Waals surface area contributed by atoms with Crippen LogP contribution in [-0.2, 0) is 9.84 Å². The molecule has 0 aromatic heterocycles. The monoisotopic (exact) mass is 304 g/mol. The summed E-state index contributed by atoms with van der Waals surface area (Å²) in [5, 5.41) is 8.95. The second-order valence-corrected chi connectivity index (χ2v) is 6.96. The fourth-order valence-electron chi connectivity index (χ4n) is 1.81. The van der Waals surface area contributed by atoms with Crippen LogP contribution in [0.2, 0.25) is 0 Å². The third-order valence-electron chi connectivity index (χ3n) is 2.71. The number of sulfone groups is 1. The largest absolute Gasteiger partial charge is 0.222 e. The van der Waals surface area contributed by atoms with Crippen LogP contribution in [0.5, 0.6) is 0 Å². The molecule has 0 bridgehead atoms. The zero-order valence-electron chi connectivity index (χ0n) is 11.8. The van der Waals surface area contributed by atoms with Crippen LogP contribution in [0.4, 0.5) is 0 Å². The predicted octanol–water partition coefficient (Wildman–Crippen LogP) is 3.39. The summed E-state index contributed by atoms with van der Waals surface area (Å²) in [5.74, 6) is 0. The molecule has 0 saturated heterocycles. The molecule has 0 amide bonds. The molecule has 2 aromatic carbocycles. The highest BCUT2D eigenvalue weighted by atomic mass is 32.3. The summed E-state index contributed by atoms with van der Waals surface area (Å²) in [7, 11) is -3.91. The minimum atomic E-state index is -3.91. The van der Waals surface area contributed by atoms with Crippen LogP contribution in [0, 0.1) is 11.3 Å². The van der Waals surface area contributed by atoms with Gasteiger partial charge in [0.15, 0.2) is 9.84 Å². The van der Waals surface area contributed by atoms with E-state index in [2.05, 4.69) is 0 Å². The van der Waals surface area contributed by atoms with Crippen LogP contribution in [0.25, 0.3) is 0 Å². The van der Waals surface area contributed by atoms with Gasteiger partial charge in [-0.3, -0.25) is 0 Å². The van der Waals surface area contributed by atoms with E-state index in [0.29, 0.717) is 5.56 Å². The average molecular weight is 304 g/mol. The molecule has 5 heteroatoms.